The lowest BCUT2D eigenvalue weighted by Gasteiger charge is -2.26. The highest BCUT2D eigenvalue weighted by atomic mass is 32.2. The van der Waals surface area contributed by atoms with Crippen LogP contribution < -0.4 is 14.2 Å². The van der Waals surface area contributed by atoms with Crippen LogP contribution in [-0.4, -0.2) is 46.4 Å². The molecule has 2 aromatic rings. The van der Waals surface area contributed by atoms with Gasteiger partial charge in [-0.15, -0.1) is 11.8 Å². The molecule has 2 aromatic carbocycles. The Hall–Kier alpha value is -2.41. The van der Waals surface area contributed by atoms with Gasteiger partial charge >= 0.3 is 0 Å². The maximum Gasteiger partial charge on any atom is 0.245 e. The third kappa shape index (κ3) is 3.51. The summed E-state index contributed by atoms with van der Waals surface area (Å²) in [7, 11) is 0.691. The first-order chi connectivity index (χ1) is 13.5. The van der Waals surface area contributed by atoms with E-state index in [1.54, 1.807) is 24.3 Å². The summed E-state index contributed by atoms with van der Waals surface area (Å²) in [5.74, 6) is 2.11. The predicted molar refractivity (Wildman–Crippen MR) is 106 cm³/mol. The molecule has 1 unspecified atom stereocenters. The first-order valence-electron chi connectivity index (χ1n) is 8.40. The van der Waals surface area contributed by atoms with Crippen molar-refractivity contribution in [3.63, 3.8) is 0 Å². The average Bonchev–Trinajstić information content (AvgIpc) is 3.23. The van der Waals surface area contributed by atoms with Crippen LogP contribution in [-0.2, 0) is 10.0 Å². The molecule has 1 saturated heterocycles. The first-order valence-corrected chi connectivity index (χ1v) is 10.9. The van der Waals surface area contributed by atoms with Crippen molar-refractivity contribution in [2.24, 2.45) is 0 Å². The number of ether oxygens (including phenoxy) is 3. The number of nitrogens with zero attached hydrogens (tertiary/aromatic N) is 2. The topological polar surface area (TPSA) is 88.9 Å². The number of methoxy groups -OCH3 is 3. The number of hydrogen-bond acceptors (Lipinski definition) is 7. The summed E-state index contributed by atoms with van der Waals surface area (Å²) in [6.45, 7) is 0.328. The fraction of sp³-hybridized carbons (Fsp3) is 0.316. The summed E-state index contributed by atoms with van der Waals surface area (Å²) in [5.41, 5.74) is 0.790. The molecule has 0 aliphatic carbocycles. The fourth-order valence-corrected chi connectivity index (χ4v) is 6.49. The summed E-state index contributed by atoms with van der Waals surface area (Å²) in [5, 5.41) is 8.82. The molecule has 0 N–H and O–H groups in total. The Kier molecular flexibility index (Phi) is 6.03. The van der Waals surface area contributed by atoms with E-state index in [4.69, 9.17) is 14.2 Å². The lowest BCUT2D eigenvalue weighted by molar-refractivity contribution is 0.344. The van der Waals surface area contributed by atoms with Gasteiger partial charge in [-0.05, 0) is 18.2 Å². The van der Waals surface area contributed by atoms with E-state index in [1.165, 1.54) is 49.5 Å². The average molecular weight is 421 g/mol. The second-order valence-corrected chi connectivity index (χ2v) is 8.94. The Balaban J connectivity index is 2.10. The fourth-order valence-electron chi connectivity index (χ4n) is 3.10. The first kappa shape index (κ1) is 20.3. The van der Waals surface area contributed by atoms with Crippen molar-refractivity contribution in [3.8, 4) is 23.3 Å². The molecule has 1 heterocycles. The van der Waals surface area contributed by atoms with E-state index in [1.807, 2.05) is 6.07 Å². The summed E-state index contributed by atoms with van der Waals surface area (Å²) in [4.78, 5) is 0.00411. The number of benzene rings is 2. The molecule has 1 aliphatic heterocycles. The van der Waals surface area contributed by atoms with Crippen molar-refractivity contribution in [1.29, 1.82) is 5.26 Å². The number of hydrogen-bond donors (Lipinski definition) is 0. The molecule has 1 aliphatic rings. The molecule has 0 amide bonds. The van der Waals surface area contributed by atoms with E-state index < -0.39 is 15.4 Å². The monoisotopic (exact) mass is 420 g/mol. The zero-order valence-electron chi connectivity index (χ0n) is 15.7. The summed E-state index contributed by atoms with van der Waals surface area (Å²) < 4.78 is 44.3. The molecule has 0 bridgehead atoms. The number of nitriles is 1. The van der Waals surface area contributed by atoms with Gasteiger partial charge < -0.3 is 14.2 Å². The summed E-state index contributed by atoms with van der Waals surface area (Å²) in [6, 6.07) is 11.6. The van der Waals surface area contributed by atoms with E-state index in [0.29, 0.717) is 35.1 Å². The van der Waals surface area contributed by atoms with Crippen LogP contribution in [0.5, 0.6) is 17.2 Å². The molecule has 9 heteroatoms. The van der Waals surface area contributed by atoms with Gasteiger partial charge in [0.2, 0.25) is 10.0 Å². The number of thioether (sulfide) groups is 1. The Morgan fingerprint density at radius 1 is 1.07 bits per heavy atom. The minimum Gasteiger partial charge on any atom is -0.496 e. The van der Waals surface area contributed by atoms with Crippen LogP contribution in [0.15, 0.2) is 41.3 Å². The second kappa shape index (κ2) is 8.31. The standard InChI is InChI=1S/C19H20N2O5S2/c1-24-15-11-17(26-3)16(25-2)10-14(15)19-21(8-9-27-19)28(22,23)18-7-5-4-6-13(18)12-20/h4-7,10-11,19H,8-9H2,1-3H3. The van der Waals surface area contributed by atoms with Crippen LogP contribution in [0.2, 0.25) is 0 Å². The van der Waals surface area contributed by atoms with Crippen molar-refractivity contribution in [3.05, 3.63) is 47.5 Å². The molecule has 3 rings (SSSR count). The molecule has 1 fully saturated rings. The Labute approximate surface area is 168 Å². The van der Waals surface area contributed by atoms with Crippen LogP contribution in [0.3, 0.4) is 0 Å². The van der Waals surface area contributed by atoms with Crippen LogP contribution in [0.4, 0.5) is 0 Å². The molecule has 7 nitrogen and oxygen atoms in total. The number of rotatable bonds is 6. The van der Waals surface area contributed by atoms with E-state index in [9.17, 15) is 13.7 Å². The van der Waals surface area contributed by atoms with Crippen LogP contribution >= 0.6 is 11.8 Å². The molecule has 28 heavy (non-hydrogen) atoms. The van der Waals surface area contributed by atoms with E-state index >= 15 is 0 Å². The van der Waals surface area contributed by atoms with Gasteiger partial charge in [0.15, 0.2) is 11.5 Å². The van der Waals surface area contributed by atoms with Crippen LogP contribution in [0.1, 0.15) is 16.5 Å². The Bertz CT molecular complexity index is 1020. The van der Waals surface area contributed by atoms with Crippen LogP contribution in [0.25, 0.3) is 0 Å². The highest BCUT2D eigenvalue weighted by Crippen LogP contribution is 2.47. The molecule has 0 spiro atoms. The van der Waals surface area contributed by atoms with Crippen molar-refractivity contribution >= 4 is 21.8 Å². The second-order valence-electron chi connectivity index (χ2n) is 5.90. The van der Waals surface area contributed by atoms with Gasteiger partial charge in [-0.25, -0.2) is 8.42 Å². The van der Waals surface area contributed by atoms with Gasteiger partial charge in [0.05, 0.1) is 37.2 Å². The van der Waals surface area contributed by atoms with Gasteiger partial charge in [-0.3, -0.25) is 0 Å². The number of sulfonamides is 1. The van der Waals surface area contributed by atoms with Gasteiger partial charge in [0.1, 0.15) is 11.8 Å². The zero-order chi connectivity index (χ0) is 20.3. The predicted octanol–water partition coefficient (Wildman–Crippen LogP) is 3.02. The lowest BCUT2D eigenvalue weighted by atomic mass is 10.1. The molecule has 0 aromatic heterocycles. The molecule has 0 radical (unpaired) electrons. The van der Waals surface area contributed by atoms with Gasteiger partial charge in [0.25, 0.3) is 0 Å². The largest absolute Gasteiger partial charge is 0.496 e. The molecule has 1 atom stereocenters. The maximum absolute atomic E-state index is 13.3. The molecule has 0 saturated carbocycles. The third-order valence-corrected chi connectivity index (χ3v) is 7.74. The van der Waals surface area contributed by atoms with Gasteiger partial charge in [-0.2, -0.15) is 9.57 Å². The van der Waals surface area contributed by atoms with Gasteiger partial charge in [-0.1, -0.05) is 12.1 Å². The Morgan fingerprint density at radius 2 is 1.71 bits per heavy atom. The maximum atomic E-state index is 13.3. The zero-order valence-corrected chi connectivity index (χ0v) is 17.3. The summed E-state index contributed by atoms with van der Waals surface area (Å²) in [6.07, 6.45) is 0. The third-order valence-electron chi connectivity index (χ3n) is 4.45. The highest BCUT2D eigenvalue weighted by Gasteiger charge is 2.39. The van der Waals surface area contributed by atoms with Crippen molar-refractivity contribution in [2.75, 3.05) is 33.6 Å². The highest BCUT2D eigenvalue weighted by molar-refractivity contribution is 8.01. The minimum absolute atomic E-state index is 0.00411. The van der Waals surface area contributed by atoms with E-state index in [0.717, 1.165) is 0 Å². The smallest absolute Gasteiger partial charge is 0.245 e. The van der Waals surface area contributed by atoms with Crippen molar-refractivity contribution < 1.29 is 22.6 Å². The SMILES string of the molecule is COc1cc(OC)c(C2SCCN2S(=O)(=O)c2ccccc2C#N)cc1OC. The minimum atomic E-state index is -3.88. The quantitative estimate of drug-likeness (QED) is 0.710. The lowest BCUT2D eigenvalue weighted by Crippen LogP contribution is -2.31. The molecular weight excluding hydrogens is 400 g/mol. The molecule has 148 valence electrons. The molecular formula is C19H20N2O5S2. The normalized spacial score (nSPS) is 17.1. The van der Waals surface area contributed by atoms with E-state index in [2.05, 4.69) is 0 Å². The van der Waals surface area contributed by atoms with Crippen molar-refractivity contribution in [2.45, 2.75) is 10.3 Å². The van der Waals surface area contributed by atoms with Crippen LogP contribution in [0, 0.1) is 11.3 Å². The van der Waals surface area contributed by atoms with Crippen molar-refractivity contribution in [1.82, 2.24) is 4.31 Å². The van der Waals surface area contributed by atoms with Gasteiger partial charge in [0, 0.05) is 23.9 Å². The van der Waals surface area contributed by atoms with E-state index in [-0.39, 0.29) is 10.5 Å². The Morgan fingerprint density at radius 3 is 2.36 bits per heavy atom. The summed E-state index contributed by atoms with van der Waals surface area (Å²) >= 11 is 1.49.